The Morgan fingerprint density at radius 3 is 2.75 bits per heavy atom. The fourth-order valence-corrected chi connectivity index (χ4v) is 3.10. The first-order valence-electron chi connectivity index (χ1n) is 7.21. The van der Waals surface area contributed by atoms with Gasteiger partial charge in [-0.1, -0.05) is 31.5 Å². The number of nitrogens with zero attached hydrogens (tertiary/aromatic N) is 1. The number of hydrogen-bond acceptors (Lipinski definition) is 2. The van der Waals surface area contributed by atoms with Crippen LogP contribution in [0.2, 0.25) is 5.02 Å². The standard InChI is InChI=1S/C16H24ClFN2/c1-11(2)15-8-19-16(3,4)10-20(15)9-12-5-6-14(18)13(17)7-12/h5-7,11,15,19H,8-10H2,1-4H3. The van der Waals surface area contributed by atoms with Gasteiger partial charge in [0.2, 0.25) is 0 Å². The molecule has 4 heteroatoms. The molecule has 0 aliphatic carbocycles. The molecule has 1 aromatic carbocycles. The summed E-state index contributed by atoms with van der Waals surface area (Å²) >= 11 is 5.88. The van der Waals surface area contributed by atoms with Crippen molar-refractivity contribution in [2.75, 3.05) is 13.1 Å². The summed E-state index contributed by atoms with van der Waals surface area (Å²) < 4.78 is 13.2. The maximum atomic E-state index is 13.2. The van der Waals surface area contributed by atoms with Crippen molar-refractivity contribution in [1.82, 2.24) is 10.2 Å². The number of piperazine rings is 1. The largest absolute Gasteiger partial charge is 0.309 e. The van der Waals surface area contributed by atoms with Crippen molar-refractivity contribution in [3.63, 3.8) is 0 Å². The number of hydrogen-bond donors (Lipinski definition) is 1. The Labute approximate surface area is 126 Å². The normalized spacial score (nSPS) is 23.2. The fraction of sp³-hybridized carbons (Fsp3) is 0.625. The number of halogens is 2. The zero-order valence-electron chi connectivity index (χ0n) is 12.7. The summed E-state index contributed by atoms with van der Waals surface area (Å²) in [7, 11) is 0. The quantitative estimate of drug-likeness (QED) is 0.915. The van der Waals surface area contributed by atoms with Crippen molar-refractivity contribution < 1.29 is 4.39 Å². The Kier molecular flexibility index (Phi) is 4.73. The average Bonchev–Trinajstić information content (AvgIpc) is 2.32. The van der Waals surface area contributed by atoms with Crippen LogP contribution >= 0.6 is 11.6 Å². The molecule has 1 aliphatic rings. The summed E-state index contributed by atoms with van der Waals surface area (Å²) in [6.45, 7) is 11.7. The molecule has 1 heterocycles. The zero-order chi connectivity index (χ0) is 14.9. The molecule has 20 heavy (non-hydrogen) atoms. The highest BCUT2D eigenvalue weighted by atomic mass is 35.5. The molecular formula is C16H24ClFN2. The summed E-state index contributed by atoms with van der Waals surface area (Å²) in [5.41, 5.74) is 1.18. The fourth-order valence-electron chi connectivity index (χ4n) is 2.89. The predicted octanol–water partition coefficient (Wildman–Crippen LogP) is 3.69. The lowest BCUT2D eigenvalue weighted by atomic mass is 9.92. The van der Waals surface area contributed by atoms with E-state index < -0.39 is 0 Å². The lowest BCUT2D eigenvalue weighted by Crippen LogP contribution is -2.62. The van der Waals surface area contributed by atoms with Crippen LogP contribution in [-0.2, 0) is 6.54 Å². The lowest BCUT2D eigenvalue weighted by Gasteiger charge is -2.46. The molecule has 2 rings (SSSR count). The highest BCUT2D eigenvalue weighted by Gasteiger charge is 2.33. The monoisotopic (exact) mass is 298 g/mol. The molecule has 1 fully saturated rings. The van der Waals surface area contributed by atoms with Crippen molar-refractivity contribution >= 4 is 11.6 Å². The molecule has 2 nitrogen and oxygen atoms in total. The van der Waals surface area contributed by atoms with E-state index >= 15 is 0 Å². The van der Waals surface area contributed by atoms with Crippen LogP contribution in [0.25, 0.3) is 0 Å². The van der Waals surface area contributed by atoms with Gasteiger partial charge in [0.1, 0.15) is 5.82 Å². The van der Waals surface area contributed by atoms with Crippen molar-refractivity contribution in [3.8, 4) is 0 Å². The van der Waals surface area contributed by atoms with E-state index in [9.17, 15) is 4.39 Å². The van der Waals surface area contributed by atoms with E-state index in [1.54, 1.807) is 6.07 Å². The van der Waals surface area contributed by atoms with Gasteiger partial charge in [-0.05, 0) is 37.5 Å². The summed E-state index contributed by atoms with van der Waals surface area (Å²) in [6, 6.07) is 5.51. The number of rotatable bonds is 3. The molecule has 1 unspecified atom stereocenters. The van der Waals surface area contributed by atoms with E-state index in [0.717, 1.165) is 25.2 Å². The molecule has 1 aromatic rings. The van der Waals surface area contributed by atoms with Crippen molar-refractivity contribution in [2.45, 2.75) is 45.8 Å². The Balaban J connectivity index is 2.16. The van der Waals surface area contributed by atoms with Gasteiger partial charge in [-0.25, -0.2) is 4.39 Å². The minimum Gasteiger partial charge on any atom is -0.309 e. The highest BCUT2D eigenvalue weighted by Crippen LogP contribution is 2.24. The Morgan fingerprint density at radius 2 is 2.15 bits per heavy atom. The minimum absolute atomic E-state index is 0.106. The van der Waals surface area contributed by atoms with Gasteiger partial charge in [0.15, 0.2) is 0 Å². The van der Waals surface area contributed by atoms with Crippen LogP contribution in [0, 0.1) is 11.7 Å². The summed E-state index contributed by atoms with van der Waals surface area (Å²) in [4.78, 5) is 2.48. The SMILES string of the molecule is CC(C)C1CNC(C)(C)CN1Cc1ccc(F)c(Cl)c1. The molecule has 1 aliphatic heterocycles. The second kappa shape index (κ2) is 6.00. The van der Waals surface area contributed by atoms with Crippen LogP contribution in [0.5, 0.6) is 0 Å². The van der Waals surface area contributed by atoms with Crippen LogP contribution in [-0.4, -0.2) is 29.6 Å². The lowest BCUT2D eigenvalue weighted by molar-refractivity contribution is 0.0627. The van der Waals surface area contributed by atoms with Gasteiger partial charge in [0.05, 0.1) is 5.02 Å². The van der Waals surface area contributed by atoms with E-state index in [1.165, 1.54) is 6.07 Å². The maximum absolute atomic E-state index is 13.2. The second-order valence-corrected chi connectivity index (χ2v) is 7.14. The van der Waals surface area contributed by atoms with Crippen LogP contribution in [0.3, 0.4) is 0 Å². The predicted molar refractivity (Wildman–Crippen MR) is 82.5 cm³/mol. The highest BCUT2D eigenvalue weighted by molar-refractivity contribution is 6.30. The van der Waals surface area contributed by atoms with Gasteiger partial charge in [-0.2, -0.15) is 0 Å². The van der Waals surface area contributed by atoms with Crippen LogP contribution in [0.4, 0.5) is 4.39 Å². The van der Waals surface area contributed by atoms with Gasteiger partial charge < -0.3 is 5.32 Å². The molecule has 0 radical (unpaired) electrons. The van der Waals surface area contributed by atoms with Gasteiger partial charge in [0.25, 0.3) is 0 Å². The zero-order valence-corrected chi connectivity index (χ0v) is 13.5. The smallest absolute Gasteiger partial charge is 0.141 e. The molecule has 1 saturated heterocycles. The van der Waals surface area contributed by atoms with Gasteiger partial charge in [-0.3, -0.25) is 4.90 Å². The van der Waals surface area contributed by atoms with E-state index in [2.05, 4.69) is 37.9 Å². The first-order chi connectivity index (χ1) is 9.28. The third-order valence-electron chi connectivity index (χ3n) is 4.00. The van der Waals surface area contributed by atoms with Crippen LogP contribution < -0.4 is 5.32 Å². The van der Waals surface area contributed by atoms with Crippen LogP contribution in [0.1, 0.15) is 33.3 Å². The minimum atomic E-state index is -0.350. The summed E-state index contributed by atoms with van der Waals surface area (Å²) in [5.74, 6) is 0.228. The molecule has 112 valence electrons. The summed E-state index contributed by atoms with van der Waals surface area (Å²) in [6.07, 6.45) is 0. The maximum Gasteiger partial charge on any atom is 0.141 e. The Morgan fingerprint density at radius 1 is 1.45 bits per heavy atom. The van der Waals surface area contributed by atoms with Gasteiger partial charge >= 0.3 is 0 Å². The first kappa shape index (κ1) is 15.7. The third-order valence-corrected chi connectivity index (χ3v) is 4.29. The molecule has 1 atom stereocenters. The van der Waals surface area contributed by atoms with Crippen molar-refractivity contribution in [1.29, 1.82) is 0 Å². The van der Waals surface area contributed by atoms with Gasteiger partial charge in [0, 0.05) is 31.2 Å². The topological polar surface area (TPSA) is 15.3 Å². The molecular weight excluding hydrogens is 275 g/mol. The van der Waals surface area contributed by atoms with E-state index in [4.69, 9.17) is 11.6 Å². The molecule has 0 spiro atoms. The van der Waals surface area contributed by atoms with E-state index in [0.29, 0.717) is 12.0 Å². The molecule has 0 amide bonds. The molecule has 1 N–H and O–H groups in total. The first-order valence-corrected chi connectivity index (χ1v) is 7.59. The molecule has 0 bridgehead atoms. The Hall–Kier alpha value is -0.640. The molecule has 0 aromatic heterocycles. The van der Waals surface area contributed by atoms with Crippen molar-refractivity contribution in [2.24, 2.45) is 5.92 Å². The van der Waals surface area contributed by atoms with Crippen LogP contribution in [0.15, 0.2) is 18.2 Å². The number of benzene rings is 1. The van der Waals surface area contributed by atoms with Gasteiger partial charge in [-0.15, -0.1) is 0 Å². The third kappa shape index (κ3) is 3.72. The number of nitrogens with one attached hydrogen (secondary N) is 1. The van der Waals surface area contributed by atoms with Crippen molar-refractivity contribution in [3.05, 3.63) is 34.6 Å². The van der Waals surface area contributed by atoms with E-state index in [-0.39, 0.29) is 16.4 Å². The second-order valence-electron chi connectivity index (χ2n) is 6.73. The summed E-state index contributed by atoms with van der Waals surface area (Å²) in [5, 5.41) is 3.80. The van der Waals surface area contributed by atoms with E-state index in [1.807, 2.05) is 6.07 Å². The average molecular weight is 299 g/mol. The molecule has 0 saturated carbocycles. The Bertz CT molecular complexity index is 474.